The first-order valence-electron chi connectivity index (χ1n) is 7.61. The minimum absolute atomic E-state index is 0.243. The zero-order chi connectivity index (χ0) is 17.6. The van der Waals surface area contributed by atoms with Crippen molar-refractivity contribution in [2.45, 2.75) is 6.54 Å². The summed E-state index contributed by atoms with van der Waals surface area (Å²) in [4.78, 5) is 12.1. The number of halogens is 2. The number of anilines is 1. The van der Waals surface area contributed by atoms with Gasteiger partial charge >= 0.3 is 0 Å². The molecule has 0 aliphatic carbocycles. The van der Waals surface area contributed by atoms with Crippen LogP contribution in [-0.4, -0.2) is 15.7 Å². The maximum Gasteiger partial charge on any atom is 0.248 e. The van der Waals surface area contributed by atoms with Gasteiger partial charge in [-0.1, -0.05) is 35.3 Å². The molecule has 126 valence electrons. The molecule has 0 saturated heterocycles. The maximum atomic E-state index is 12.1. The molecular weight excluding hydrogens is 357 g/mol. The molecule has 3 rings (SSSR count). The molecule has 25 heavy (non-hydrogen) atoms. The smallest absolute Gasteiger partial charge is 0.248 e. The molecule has 0 bridgehead atoms. The van der Waals surface area contributed by atoms with E-state index < -0.39 is 0 Å². The normalized spacial score (nSPS) is 11.0. The summed E-state index contributed by atoms with van der Waals surface area (Å²) >= 11 is 12.0. The Balaban J connectivity index is 1.66. The van der Waals surface area contributed by atoms with Crippen molar-refractivity contribution < 1.29 is 4.79 Å². The fourth-order valence-electron chi connectivity index (χ4n) is 2.32. The second kappa shape index (κ2) is 8.01. The Labute approximate surface area is 155 Å². The molecule has 0 aliphatic rings. The third-order valence-electron chi connectivity index (χ3n) is 3.47. The Morgan fingerprint density at radius 3 is 2.84 bits per heavy atom. The average Bonchev–Trinajstić information content (AvgIpc) is 3.09. The van der Waals surface area contributed by atoms with Crippen molar-refractivity contribution in [1.29, 1.82) is 0 Å². The summed E-state index contributed by atoms with van der Waals surface area (Å²) in [5.41, 5.74) is 2.46. The summed E-state index contributed by atoms with van der Waals surface area (Å²) in [6.45, 7) is 0.644. The van der Waals surface area contributed by atoms with Crippen LogP contribution in [0.1, 0.15) is 11.1 Å². The highest BCUT2D eigenvalue weighted by Gasteiger charge is 2.02. The molecule has 2 aromatic carbocycles. The summed E-state index contributed by atoms with van der Waals surface area (Å²) in [5, 5.41) is 8.11. The van der Waals surface area contributed by atoms with E-state index in [2.05, 4.69) is 10.4 Å². The summed E-state index contributed by atoms with van der Waals surface area (Å²) in [6.07, 6.45) is 6.69. The van der Waals surface area contributed by atoms with E-state index in [0.29, 0.717) is 22.2 Å². The zero-order valence-corrected chi connectivity index (χ0v) is 14.7. The predicted octanol–water partition coefficient (Wildman–Crippen LogP) is 4.89. The van der Waals surface area contributed by atoms with Gasteiger partial charge in [0.25, 0.3) is 0 Å². The molecule has 1 aromatic heterocycles. The largest absolute Gasteiger partial charge is 0.323 e. The number of rotatable bonds is 5. The molecular formula is C19H15Cl2N3O. The number of nitrogens with one attached hydrogen (secondary N) is 1. The van der Waals surface area contributed by atoms with E-state index in [4.69, 9.17) is 23.2 Å². The van der Waals surface area contributed by atoms with Crippen LogP contribution in [-0.2, 0) is 11.3 Å². The molecule has 1 N–H and O–H groups in total. The van der Waals surface area contributed by atoms with Gasteiger partial charge in [-0.05, 0) is 53.6 Å². The monoisotopic (exact) mass is 371 g/mol. The van der Waals surface area contributed by atoms with Crippen LogP contribution in [0, 0.1) is 0 Å². The van der Waals surface area contributed by atoms with Gasteiger partial charge in [0.05, 0.1) is 6.54 Å². The van der Waals surface area contributed by atoms with Crippen molar-refractivity contribution in [1.82, 2.24) is 9.78 Å². The van der Waals surface area contributed by atoms with E-state index in [1.807, 2.05) is 41.2 Å². The lowest BCUT2D eigenvalue weighted by Gasteiger charge is -2.06. The van der Waals surface area contributed by atoms with Gasteiger partial charge in [-0.15, -0.1) is 0 Å². The van der Waals surface area contributed by atoms with Crippen molar-refractivity contribution in [3.8, 4) is 0 Å². The molecule has 0 atom stereocenters. The minimum Gasteiger partial charge on any atom is -0.323 e. The summed E-state index contributed by atoms with van der Waals surface area (Å²) in [7, 11) is 0. The van der Waals surface area contributed by atoms with Gasteiger partial charge in [0.15, 0.2) is 0 Å². The van der Waals surface area contributed by atoms with E-state index in [9.17, 15) is 4.79 Å². The van der Waals surface area contributed by atoms with Crippen LogP contribution in [0.2, 0.25) is 10.0 Å². The number of carbonyl (C=O) groups is 1. The Morgan fingerprint density at radius 1 is 1.16 bits per heavy atom. The second-order valence-corrected chi connectivity index (χ2v) is 6.24. The third-order valence-corrected chi connectivity index (χ3v) is 4.05. The summed E-state index contributed by atoms with van der Waals surface area (Å²) in [6, 6.07) is 14.6. The second-order valence-electron chi connectivity index (χ2n) is 5.39. The van der Waals surface area contributed by atoms with Gasteiger partial charge in [-0.3, -0.25) is 9.48 Å². The number of hydrogen-bond acceptors (Lipinski definition) is 2. The lowest BCUT2D eigenvalue weighted by Crippen LogP contribution is -2.08. The maximum absolute atomic E-state index is 12.1. The van der Waals surface area contributed by atoms with Gasteiger partial charge in [0.2, 0.25) is 5.91 Å². The van der Waals surface area contributed by atoms with E-state index >= 15 is 0 Å². The highest BCUT2D eigenvalue weighted by molar-refractivity contribution is 6.34. The molecule has 1 amide bonds. The number of benzene rings is 2. The van der Waals surface area contributed by atoms with E-state index in [1.54, 1.807) is 30.5 Å². The van der Waals surface area contributed by atoms with Crippen LogP contribution >= 0.6 is 23.2 Å². The van der Waals surface area contributed by atoms with Gasteiger partial charge in [-0.25, -0.2) is 0 Å². The van der Waals surface area contributed by atoms with Crippen LogP contribution in [0.3, 0.4) is 0 Å². The van der Waals surface area contributed by atoms with Gasteiger partial charge < -0.3 is 5.32 Å². The summed E-state index contributed by atoms with van der Waals surface area (Å²) < 4.78 is 1.82. The summed E-state index contributed by atoms with van der Waals surface area (Å²) in [5.74, 6) is -0.243. The average molecular weight is 372 g/mol. The van der Waals surface area contributed by atoms with Crippen LogP contribution in [0.5, 0.6) is 0 Å². The van der Waals surface area contributed by atoms with Crippen LogP contribution in [0.15, 0.2) is 67.0 Å². The highest BCUT2D eigenvalue weighted by atomic mass is 35.5. The quantitative estimate of drug-likeness (QED) is 0.649. The third kappa shape index (κ3) is 4.95. The molecule has 1 heterocycles. The van der Waals surface area contributed by atoms with E-state index in [1.165, 1.54) is 6.08 Å². The minimum atomic E-state index is -0.243. The zero-order valence-electron chi connectivity index (χ0n) is 13.2. The Morgan fingerprint density at radius 2 is 2.04 bits per heavy atom. The SMILES string of the molecule is O=C(/C=C/c1cc(Cl)ccc1Cl)Nc1cccc(Cn2cccn2)c1. The first-order chi connectivity index (χ1) is 12.1. The highest BCUT2D eigenvalue weighted by Crippen LogP contribution is 2.21. The molecule has 0 spiro atoms. The van der Waals surface area contributed by atoms with E-state index in [-0.39, 0.29) is 5.91 Å². The number of amides is 1. The Hall–Kier alpha value is -2.56. The number of nitrogens with zero attached hydrogens (tertiary/aromatic N) is 2. The Bertz CT molecular complexity index is 905. The first-order valence-corrected chi connectivity index (χ1v) is 8.36. The van der Waals surface area contributed by atoms with Crippen LogP contribution < -0.4 is 5.32 Å². The van der Waals surface area contributed by atoms with Crippen molar-refractivity contribution in [3.63, 3.8) is 0 Å². The standard InChI is InChI=1S/C19H15Cl2N3O/c20-16-6-7-18(21)15(12-16)5-8-19(25)23-17-4-1-3-14(11-17)13-24-10-2-9-22-24/h1-12H,13H2,(H,23,25)/b8-5+. The van der Waals surface area contributed by atoms with Crippen molar-refractivity contribution in [2.75, 3.05) is 5.32 Å². The lowest BCUT2D eigenvalue weighted by molar-refractivity contribution is -0.111. The molecule has 0 unspecified atom stereocenters. The van der Waals surface area contributed by atoms with Crippen molar-refractivity contribution in [3.05, 3.63) is 88.2 Å². The molecule has 4 nitrogen and oxygen atoms in total. The number of carbonyl (C=O) groups excluding carboxylic acids is 1. The molecule has 6 heteroatoms. The van der Waals surface area contributed by atoms with Gasteiger partial charge in [0, 0.05) is 34.2 Å². The van der Waals surface area contributed by atoms with Crippen LogP contribution in [0.4, 0.5) is 5.69 Å². The fourth-order valence-corrected chi connectivity index (χ4v) is 2.68. The van der Waals surface area contributed by atoms with Crippen LogP contribution in [0.25, 0.3) is 6.08 Å². The molecule has 0 aliphatic heterocycles. The number of aromatic nitrogens is 2. The topological polar surface area (TPSA) is 46.9 Å². The first kappa shape index (κ1) is 17.3. The fraction of sp³-hybridized carbons (Fsp3) is 0.0526. The molecule has 0 saturated carbocycles. The predicted molar refractivity (Wildman–Crippen MR) is 102 cm³/mol. The van der Waals surface area contributed by atoms with E-state index in [0.717, 1.165) is 11.3 Å². The molecule has 3 aromatic rings. The van der Waals surface area contributed by atoms with Gasteiger partial charge in [0.1, 0.15) is 0 Å². The Kier molecular flexibility index (Phi) is 5.53. The molecule has 0 fully saturated rings. The molecule has 0 radical (unpaired) electrons. The van der Waals surface area contributed by atoms with Crippen molar-refractivity contribution >= 4 is 40.9 Å². The van der Waals surface area contributed by atoms with Gasteiger partial charge in [-0.2, -0.15) is 5.10 Å². The number of hydrogen-bond donors (Lipinski definition) is 1. The van der Waals surface area contributed by atoms with Crippen molar-refractivity contribution in [2.24, 2.45) is 0 Å². The lowest BCUT2D eigenvalue weighted by atomic mass is 10.2.